The van der Waals surface area contributed by atoms with E-state index in [1.54, 1.807) is 47.1 Å². The van der Waals surface area contributed by atoms with E-state index in [-0.39, 0.29) is 43.1 Å². The molecule has 1 atom stereocenters. The molecule has 5 rings (SSSR count). The fraction of sp³-hybridized carbons (Fsp3) is 0.391. The first-order valence-corrected chi connectivity index (χ1v) is 11.0. The van der Waals surface area contributed by atoms with Crippen LogP contribution in [0.3, 0.4) is 0 Å². The molecule has 2 aliphatic rings. The maximum absolute atomic E-state index is 12.8. The van der Waals surface area contributed by atoms with Gasteiger partial charge in [0.1, 0.15) is 5.75 Å². The van der Waals surface area contributed by atoms with Crippen LogP contribution in [0.15, 0.2) is 51.9 Å². The third kappa shape index (κ3) is 4.15. The summed E-state index contributed by atoms with van der Waals surface area (Å²) in [4.78, 5) is 39.6. The van der Waals surface area contributed by atoms with Gasteiger partial charge in [-0.05, 0) is 37.1 Å². The Morgan fingerprint density at radius 2 is 2.09 bits per heavy atom. The Labute approximate surface area is 189 Å². The number of aromatic nitrogens is 3. The van der Waals surface area contributed by atoms with Crippen LogP contribution in [0.5, 0.6) is 5.75 Å². The molecule has 33 heavy (non-hydrogen) atoms. The minimum absolute atomic E-state index is 0.106. The minimum Gasteiger partial charge on any atom is -0.497 e. The first-order chi connectivity index (χ1) is 16.0. The SMILES string of the molecule is COc1cccc(N2CC(C(=O)NCCn3nc(-c4ccco4)n(C4CC4)c3=O)CC2=O)c1. The van der Waals surface area contributed by atoms with Crippen LogP contribution in [0.2, 0.25) is 0 Å². The van der Waals surface area contributed by atoms with E-state index in [1.165, 1.54) is 4.68 Å². The minimum atomic E-state index is -0.455. The lowest BCUT2D eigenvalue weighted by molar-refractivity contribution is -0.126. The maximum Gasteiger partial charge on any atom is 0.346 e. The molecule has 0 bridgehead atoms. The number of carbonyl (C=O) groups excluding carboxylic acids is 2. The largest absolute Gasteiger partial charge is 0.497 e. The van der Waals surface area contributed by atoms with Crippen molar-refractivity contribution in [2.45, 2.75) is 31.8 Å². The molecule has 0 spiro atoms. The Morgan fingerprint density at radius 3 is 2.82 bits per heavy atom. The molecule has 1 aliphatic carbocycles. The number of ether oxygens (including phenoxy) is 1. The summed E-state index contributed by atoms with van der Waals surface area (Å²) in [5.74, 6) is 0.930. The van der Waals surface area contributed by atoms with Crippen LogP contribution >= 0.6 is 0 Å². The molecule has 1 saturated carbocycles. The standard InChI is InChI=1S/C23H25N5O5/c1-32-18-5-2-4-17(13-18)26-14-15(12-20(26)29)22(30)24-9-10-27-23(31)28(16-7-8-16)21(25-27)19-6-3-11-33-19/h2-6,11,13,15-16H,7-10,12,14H2,1H3,(H,24,30). The summed E-state index contributed by atoms with van der Waals surface area (Å²) in [5.41, 5.74) is 0.496. The first kappa shape index (κ1) is 21.0. The molecule has 1 aromatic carbocycles. The van der Waals surface area contributed by atoms with Gasteiger partial charge in [-0.2, -0.15) is 0 Å². The second-order valence-electron chi connectivity index (χ2n) is 8.31. The molecule has 3 heterocycles. The zero-order valence-electron chi connectivity index (χ0n) is 18.3. The molecule has 3 aromatic rings. The summed E-state index contributed by atoms with van der Waals surface area (Å²) in [6.07, 6.45) is 3.57. The zero-order valence-corrected chi connectivity index (χ0v) is 18.3. The number of carbonyl (C=O) groups is 2. The van der Waals surface area contributed by atoms with Crippen molar-refractivity contribution in [2.75, 3.05) is 25.1 Å². The summed E-state index contributed by atoms with van der Waals surface area (Å²) in [5, 5.41) is 7.28. The number of amides is 2. The van der Waals surface area contributed by atoms with Crippen LogP contribution in [-0.4, -0.2) is 46.4 Å². The van der Waals surface area contributed by atoms with Crippen LogP contribution in [0.25, 0.3) is 11.6 Å². The van der Waals surface area contributed by atoms with E-state index in [0.29, 0.717) is 29.6 Å². The van der Waals surface area contributed by atoms with Gasteiger partial charge in [0.15, 0.2) is 5.76 Å². The Kier molecular flexibility index (Phi) is 5.49. The number of hydrogen-bond donors (Lipinski definition) is 1. The Balaban J connectivity index is 1.21. The molecular formula is C23H25N5O5. The van der Waals surface area contributed by atoms with E-state index in [2.05, 4.69) is 10.4 Å². The summed E-state index contributed by atoms with van der Waals surface area (Å²) < 4.78 is 13.7. The van der Waals surface area contributed by atoms with E-state index in [1.807, 2.05) is 12.1 Å². The normalized spacial score (nSPS) is 18.0. The van der Waals surface area contributed by atoms with Crippen LogP contribution < -0.4 is 20.6 Å². The Morgan fingerprint density at radius 1 is 1.24 bits per heavy atom. The quantitative estimate of drug-likeness (QED) is 0.559. The lowest BCUT2D eigenvalue weighted by atomic mass is 10.1. The van der Waals surface area contributed by atoms with Crippen molar-refractivity contribution >= 4 is 17.5 Å². The predicted octanol–water partition coefficient (Wildman–Crippen LogP) is 1.82. The zero-order chi connectivity index (χ0) is 22.9. The number of rotatable bonds is 8. The summed E-state index contributed by atoms with van der Waals surface area (Å²) in [6.45, 7) is 0.775. The maximum atomic E-state index is 12.8. The first-order valence-electron chi connectivity index (χ1n) is 11.0. The van der Waals surface area contributed by atoms with Gasteiger partial charge >= 0.3 is 5.69 Å². The number of nitrogens with zero attached hydrogens (tertiary/aromatic N) is 4. The number of hydrogen-bond acceptors (Lipinski definition) is 6. The van der Waals surface area contributed by atoms with Gasteiger partial charge in [0, 0.05) is 37.3 Å². The van der Waals surface area contributed by atoms with E-state index in [0.717, 1.165) is 12.8 Å². The molecule has 2 aromatic heterocycles. The fourth-order valence-corrected chi connectivity index (χ4v) is 4.14. The highest BCUT2D eigenvalue weighted by Crippen LogP contribution is 2.36. The van der Waals surface area contributed by atoms with Gasteiger partial charge in [-0.1, -0.05) is 6.07 Å². The topological polar surface area (TPSA) is 112 Å². The number of furan rings is 1. The van der Waals surface area contributed by atoms with E-state index < -0.39 is 5.92 Å². The van der Waals surface area contributed by atoms with E-state index in [4.69, 9.17) is 9.15 Å². The highest BCUT2D eigenvalue weighted by atomic mass is 16.5. The van der Waals surface area contributed by atoms with E-state index in [9.17, 15) is 14.4 Å². The van der Waals surface area contributed by atoms with Gasteiger partial charge in [0.2, 0.25) is 17.6 Å². The highest BCUT2D eigenvalue weighted by molar-refractivity contribution is 6.00. The third-order valence-corrected chi connectivity index (χ3v) is 6.01. The monoisotopic (exact) mass is 451 g/mol. The molecule has 1 aliphatic heterocycles. The van der Waals surface area contributed by atoms with Gasteiger partial charge in [-0.3, -0.25) is 14.2 Å². The second-order valence-corrected chi connectivity index (χ2v) is 8.31. The number of nitrogens with one attached hydrogen (secondary N) is 1. The van der Waals surface area contributed by atoms with Crippen molar-refractivity contribution in [3.8, 4) is 17.3 Å². The molecule has 1 saturated heterocycles. The summed E-state index contributed by atoms with van der Waals surface area (Å²) >= 11 is 0. The van der Waals surface area contributed by atoms with Crippen LogP contribution in [0.1, 0.15) is 25.3 Å². The molecule has 1 unspecified atom stereocenters. The van der Waals surface area contributed by atoms with E-state index >= 15 is 0 Å². The second kappa shape index (κ2) is 8.61. The Hall–Kier alpha value is -3.82. The molecule has 172 valence electrons. The van der Waals surface area contributed by atoms with Crippen LogP contribution in [0.4, 0.5) is 5.69 Å². The lowest BCUT2D eigenvalue weighted by Gasteiger charge is -2.17. The molecule has 2 amide bonds. The van der Waals surface area contributed by atoms with Crippen molar-refractivity contribution in [1.29, 1.82) is 0 Å². The molecule has 0 radical (unpaired) electrons. The van der Waals surface area contributed by atoms with Crippen molar-refractivity contribution in [1.82, 2.24) is 19.7 Å². The third-order valence-electron chi connectivity index (χ3n) is 6.01. The highest BCUT2D eigenvalue weighted by Gasteiger charge is 2.35. The molecule has 10 heteroatoms. The summed E-state index contributed by atoms with van der Waals surface area (Å²) in [7, 11) is 1.57. The van der Waals surface area contributed by atoms with Gasteiger partial charge in [0.25, 0.3) is 0 Å². The molecule has 2 fully saturated rings. The fourth-order valence-electron chi connectivity index (χ4n) is 4.14. The number of anilines is 1. The smallest absolute Gasteiger partial charge is 0.346 e. The van der Waals surface area contributed by atoms with Crippen LogP contribution in [-0.2, 0) is 16.1 Å². The molecular weight excluding hydrogens is 426 g/mol. The Bertz CT molecular complexity index is 1220. The summed E-state index contributed by atoms with van der Waals surface area (Å²) in [6, 6.07) is 10.9. The average Bonchev–Trinajstić information content (AvgIpc) is 3.21. The number of methoxy groups -OCH3 is 1. The van der Waals surface area contributed by atoms with Gasteiger partial charge in [-0.25, -0.2) is 9.48 Å². The lowest BCUT2D eigenvalue weighted by Crippen LogP contribution is -2.36. The molecule has 1 N–H and O–H groups in total. The van der Waals surface area contributed by atoms with Crippen LogP contribution in [0, 0.1) is 5.92 Å². The molecule has 10 nitrogen and oxygen atoms in total. The van der Waals surface area contributed by atoms with Crippen molar-refractivity contribution in [3.05, 3.63) is 53.1 Å². The predicted molar refractivity (Wildman–Crippen MR) is 119 cm³/mol. The van der Waals surface area contributed by atoms with Gasteiger partial charge in [0.05, 0.1) is 25.8 Å². The van der Waals surface area contributed by atoms with Crippen molar-refractivity contribution in [3.63, 3.8) is 0 Å². The average molecular weight is 451 g/mol. The van der Waals surface area contributed by atoms with Crippen molar-refractivity contribution in [2.24, 2.45) is 5.92 Å². The number of benzene rings is 1. The van der Waals surface area contributed by atoms with Gasteiger partial charge in [-0.15, -0.1) is 5.10 Å². The van der Waals surface area contributed by atoms with Gasteiger partial charge < -0.3 is 19.4 Å². The van der Waals surface area contributed by atoms with Crippen molar-refractivity contribution < 1.29 is 18.7 Å².